The van der Waals surface area contributed by atoms with Gasteiger partial charge in [-0.05, 0) is 12.5 Å². The van der Waals surface area contributed by atoms with Crippen LogP contribution in [0.1, 0.15) is 17.0 Å². The largest absolute Gasteiger partial charge is 0.360 e. The van der Waals surface area contributed by atoms with Gasteiger partial charge in [0.25, 0.3) is 0 Å². The minimum absolute atomic E-state index is 0.0646. The number of sulfonamides is 1. The molecule has 23 heavy (non-hydrogen) atoms. The predicted molar refractivity (Wildman–Crippen MR) is 87.2 cm³/mol. The second kappa shape index (κ2) is 6.82. The van der Waals surface area contributed by atoms with Gasteiger partial charge >= 0.3 is 0 Å². The first-order valence-electron chi connectivity index (χ1n) is 7.69. The van der Waals surface area contributed by atoms with Crippen LogP contribution in [0.15, 0.2) is 40.9 Å². The Morgan fingerprint density at radius 2 is 1.83 bits per heavy atom. The Balaban J connectivity index is 1.55. The van der Waals surface area contributed by atoms with E-state index in [0.29, 0.717) is 32.7 Å². The zero-order valence-electron chi connectivity index (χ0n) is 13.2. The molecule has 0 radical (unpaired) electrons. The van der Waals surface area contributed by atoms with Crippen LogP contribution in [0, 0.1) is 6.92 Å². The summed E-state index contributed by atoms with van der Waals surface area (Å²) in [7, 11) is -3.26. The number of hydrogen-bond donors (Lipinski definition) is 0. The lowest BCUT2D eigenvalue weighted by molar-refractivity contribution is 0.166. The molecule has 6 nitrogen and oxygen atoms in total. The number of nitrogens with zero attached hydrogens (tertiary/aromatic N) is 3. The number of hydrogen-bond acceptors (Lipinski definition) is 5. The fourth-order valence-electron chi connectivity index (χ4n) is 2.75. The number of aromatic nitrogens is 1. The molecule has 7 heteroatoms. The van der Waals surface area contributed by atoms with Crippen LogP contribution in [0.25, 0.3) is 0 Å². The molecule has 0 aliphatic carbocycles. The zero-order chi connectivity index (χ0) is 16.3. The summed E-state index contributed by atoms with van der Waals surface area (Å²) in [5, 5.41) is 3.88. The summed E-state index contributed by atoms with van der Waals surface area (Å²) in [5.74, 6) is 0.887. The van der Waals surface area contributed by atoms with Crippen LogP contribution < -0.4 is 0 Å². The monoisotopic (exact) mass is 335 g/mol. The van der Waals surface area contributed by atoms with Crippen molar-refractivity contribution in [1.29, 1.82) is 0 Å². The van der Waals surface area contributed by atoms with E-state index in [1.807, 2.05) is 43.3 Å². The fourth-order valence-corrected chi connectivity index (χ4v) is 4.27. The van der Waals surface area contributed by atoms with E-state index in [0.717, 1.165) is 17.0 Å². The first kappa shape index (κ1) is 16.2. The van der Waals surface area contributed by atoms with E-state index in [1.165, 1.54) is 0 Å². The summed E-state index contributed by atoms with van der Waals surface area (Å²) in [6.07, 6.45) is 0. The van der Waals surface area contributed by atoms with Gasteiger partial charge in [-0.15, -0.1) is 0 Å². The van der Waals surface area contributed by atoms with Gasteiger partial charge in [-0.1, -0.05) is 35.5 Å². The van der Waals surface area contributed by atoms with Crippen LogP contribution in [0.2, 0.25) is 0 Å². The topological polar surface area (TPSA) is 66.7 Å². The number of rotatable bonds is 5. The molecule has 3 rings (SSSR count). The molecule has 1 fully saturated rings. The Bertz CT molecular complexity index is 735. The molecule has 0 N–H and O–H groups in total. The molecule has 0 spiro atoms. The molecule has 1 aromatic heterocycles. The Kier molecular flexibility index (Phi) is 4.79. The van der Waals surface area contributed by atoms with Crippen molar-refractivity contribution in [3.63, 3.8) is 0 Å². The average Bonchev–Trinajstić information content (AvgIpc) is 2.93. The number of aryl methyl sites for hydroxylation is 1. The number of piperazine rings is 1. The average molecular weight is 335 g/mol. The molecule has 1 aromatic carbocycles. The van der Waals surface area contributed by atoms with Crippen molar-refractivity contribution in [2.24, 2.45) is 0 Å². The highest BCUT2D eigenvalue weighted by Gasteiger charge is 2.27. The molecule has 0 atom stereocenters. The van der Waals surface area contributed by atoms with E-state index < -0.39 is 10.0 Å². The minimum Gasteiger partial charge on any atom is -0.360 e. The summed E-state index contributed by atoms with van der Waals surface area (Å²) in [5.41, 5.74) is 1.69. The van der Waals surface area contributed by atoms with Gasteiger partial charge in [0.05, 0.1) is 18.0 Å². The Morgan fingerprint density at radius 3 is 2.43 bits per heavy atom. The van der Waals surface area contributed by atoms with Crippen LogP contribution in [0.4, 0.5) is 0 Å². The van der Waals surface area contributed by atoms with Crippen molar-refractivity contribution in [2.45, 2.75) is 19.2 Å². The maximum atomic E-state index is 12.5. The van der Waals surface area contributed by atoms with E-state index in [9.17, 15) is 8.42 Å². The molecule has 1 saturated heterocycles. The smallest absolute Gasteiger partial charge is 0.218 e. The van der Waals surface area contributed by atoms with Crippen molar-refractivity contribution in [2.75, 3.05) is 26.2 Å². The highest BCUT2D eigenvalue weighted by atomic mass is 32.2. The van der Waals surface area contributed by atoms with Gasteiger partial charge in [0.15, 0.2) is 5.76 Å². The predicted octanol–water partition coefficient (Wildman–Crippen LogP) is 1.63. The van der Waals surface area contributed by atoms with Gasteiger partial charge in [0.2, 0.25) is 10.0 Å². The summed E-state index contributed by atoms with van der Waals surface area (Å²) in [6, 6.07) is 11.2. The SMILES string of the molecule is Cc1cc(CN2CCN(S(=O)(=O)Cc3ccccc3)CC2)on1. The Hall–Kier alpha value is -1.70. The van der Waals surface area contributed by atoms with Gasteiger partial charge in [-0.25, -0.2) is 8.42 Å². The second-order valence-corrected chi connectivity index (χ2v) is 7.82. The Labute approximate surface area is 136 Å². The highest BCUT2D eigenvalue weighted by molar-refractivity contribution is 7.88. The molecule has 0 saturated carbocycles. The van der Waals surface area contributed by atoms with Gasteiger partial charge in [0.1, 0.15) is 0 Å². The standard InChI is InChI=1S/C16H21N3O3S/c1-14-11-16(22-17-14)12-18-7-9-19(10-8-18)23(20,21)13-15-5-3-2-4-6-15/h2-6,11H,7-10,12-13H2,1H3. The lowest BCUT2D eigenvalue weighted by atomic mass is 10.2. The lowest BCUT2D eigenvalue weighted by Gasteiger charge is -2.33. The first-order valence-corrected chi connectivity index (χ1v) is 9.30. The third-order valence-electron chi connectivity index (χ3n) is 3.97. The molecule has 1 aliphatic rings. The van der Waals surface area contributed by atoms with Crippen molar-refractivity contribution in [3.8, 4) is 0 Å². The molecule has 0 bridgehead atoms. The molecule has 0 unspecified atom stereocenters. The Morgan fingerprint density at radius 1 is 1.13 bits per heavy atom. The molecule has 0 amide bonds. The van der Waals surface area contributed by atoms with Crippen LogP contribution in [-0.4, -0.2) is 49.0 Å². The molecular formula is C16H21N3O3S. The van der Waals surface area contributed by atoms with Crippen molar-refractivity contribution >= 4 is 10.0 Å². The second-order valence-electron chi connectivity index (χ2n) is 5.85. The highest BCUT2D eigenvalue weighted by Crippen LogP contribution is 2.15. The first-order chi connectivity index (χ1) is 11.0. The van der Waals surface area contributed by atoms with Crippen LogP contribution in [0.3, 0.4) is 0 Å². The lowest BCUT2D eigenvalue weighted by Crippen LogP contribution is -2.48. The maximum Gasteiger partial charge on any atom is 0.218 e. The van der Waals surface area contributed by atoms with Crippen LogP contribution in [-0.2, 0) is 22.3 Å². The van der Waals surface area contributed by atoms with Gasteiger partial charge in [-0.3, -0.25) is 4.90 Å². The van der Waals surface area contributed by atoms with E-state index >= 15 is 0 Å². The zero-order valence-corrected chi connectivity index (χ0v) is 14.0. The van der Waals surface area contributed by atoms with Crippen molar-refractivity contribution in [3.05, 3.63) is 53.4 Å². The number of benzene rings is 1. The minimum atomic E-state index is -3.26. The van der Waals surface area contributed by atoms with Crippen LogP contribution >= 0.6 is 0 Å². The van der Waals surface area contributed by atoms with E-state index in [2.05, 4.69) is 10.1 Å². The summed E-state index contributed by atoms with van der Waals surface area (Å²) < 4.78 is 31.8. The maximum absolute atomic E-state index is 12.5. The third-order valence-corrected chi connectivity index (χ3v) is 5.82. The normalized spacial score (nSPS) is 17.4. The van der Waals surface area contributed by atoms with E-state index in [-0.39, 0.29) is 5.75 Å². The van der Waals surface area contributed by atoms with Gasteiger partial charge < -0.3 is 4.52 Å². The van der Waals surface area contributed by atoms with E-state index in [1.54, 1.807) is 4.31 Å². The fraction of sp³-hybridized carbons (Fsp3) is 0.438. The summed E-state index contributed by atoms with van der Waals surface area (Å²) >= 11 is 0. The molecule has 1 aliphatic heterocycles. The van der Waals surface area contributed by atoms with Crippen LogP contribution in [0.5, 0.6) is 0 Å². The third kappa shape index (κ3) is 4.19. The summed E-state index contributed by atoms with van der Waals surface area (Å²) in [6.45, 7) is 5.00. The molecular weight excluding hydrogens is 314 g/mol. The van der Waals surface area contributed by atoms with Crippen molar-refractivity contribution in [1.82, 2.24) is 14.4 Å². The summed E-state index contributed by atoms with van der Waals surface area (Å²) in [4.78, 5) is 2.19. The quantitative estimate of drug-likeness (QED) is 0.831. The van der Waals surface area contributed by atoms with Crippen molar-refractivity contribution < 1.29 is 12.9 Å². The van der Waals surface area contributed by atoms with E-state index in [4.69, 9.17) is 4.52 Å². The van der Waals surface area contributed by atoms with Gasteiger partial charge in [-0.2, -0.15) is 4.31 Å². The molecule has 2 aromatic rings. The van der Waals surface area contributed by atoms with Gasteiger partial charge in [0, 0.05) is 32.2 Å². The molecule has 2 heterocycles. The molecule has 124 valence electrons.